The predicted octanol–water partition coefficient (Wildman–Crippen LogP) is 22.9. The summed E-state index contributed by atoms with van der Waals surface area (Å²) in [6.07, 6.45) is 11.3. The molecule has 0 radical (unpaired) electrons. The zero-order valence-corrected chi connectivity index (χ0v) is 62.4. The molecule has 0 N–H and O–H groups in total. The zero-order chi connectivity index (χ0) is 72.3. The molecule has 12 heterocycles. The fourth-order valence-electron chi connectivity index (χ4n) is 7.98. The smallest absolute Gasteiger partial charge is 0.355 e. The molecule has 0 spiro atoms. The maximum atomic E-state index is 13.1. The van der Waals surface area contributed by atoms with Crippen LogP contribution in [-0.4, -0.2) is 99.3 Å². The lowest BCUT2D eigenvalue weighted by molar-refractivity contribution is -0.119. The highest BCUT2D eigenvalue weighted by molar-refractivity contribution is 7.20. The van der Waals surface area contributed by atoms with Crippen LogP contribution in [0.5, 0.6) is 0 Å². The quantitative estimate of drug-likeness (QED) is 0.0946. The first kappa shape index (κ1) is 79.7. The Morgan fingerprint density at radius 2 is 0.646 bits per heavy atom. The van der Waals surface area contributed by atoms with Gasteiger partial charge in [-0.1, -0.05) is 134 Å². The summed E-state index contributed by atoms with van der Waals surface area (Å²) in [5.74, 6) is -0.550. The summed E-state index contributed by atoms with van der Waals surface area (Å²) in [6.45, 7) is 10.2. The van der Waals surface area contributed by atoms with Gasteiger partial charge in [0.1, 0.15) is 91.2 Å². The van der Waals surface area contributed by atoms with E-state index < -0.39 is 31.3 Å². The Labute approximate surface area is 617 Å². The van der Waals surface area contributed by atoms with Crippen LogP contribution in [0.2, 0.25) is 30.9 Å². The number of aromatic nitrogens is 12. The Morgan fingerprint density at radius 3 is 0.919 bits per heavy atom. The van der Waals surface area contributed by atoms with Crippen LogP contribution < -0.4 is 9.80 Å². The maximum absolute atomic E-state index is 13.1. The average Bonchev–Trinajstić information content (AvgIpc) is 1.83. The predicted molar refractivity (Wildman–Crippen MR) is 388 cm³/mol. The molecule has 0 saturated carbocycles. The van der Waals surface area contributed by atoms with Crippen LogP contribution in [0.1, 0.15) is 72.9 Å². The van der Waals surface area contributed by atoms with Gasteiger partial charge >= 0.3 is 12.4 Å². The highest BCUT2D eigenvalue weighted by Gasteiger charge is 2.32. The first-order valence-electron chi connectivity index (χ1n) is 29.0. The molecule has 0 bridgehead atoms. The minimum absolute atomic E-state index is 0.0546. The van der Waals surface area contributed by atoms with Gasteiger partial charge in [0, 0.05) is 123 Å². The summed E-state index contributed by atoms with van der Waals surface area (Å²) in [4.78, 5) is 54.6. The number of nitrogens with zero attached hydrogens (tertiary/aromatic N) is 14. The van der Waals surface area contributed by atoms with Gasteiger partial charge in [0.05, 0.1) is 18.6 Å². The largest absolute Gasteiger partial charge is 0.405 e. The molecule has 0 unspecified atom stereocenters. The first-order chi connectivity index (χ1) is 46.9. The van der Waals surface area contributed by atoms with Gasteiger partial charge in [0.25, 0.3) is 0 Å². The van der Waals surface area contributed by atoms with Crippen molar-refractivity contribution in [3.05, 3.63) is 197 Å². The molecule has 35 heteroatoms. The fraction of sp³-hybridized carbons (Fsp3) is 0.250. The van der Waals surface area contributed by atoms with E-state index in [9.17, 15) is 39.5 Å². The highest BCUT2D eigenvalue weighted by Crippen LogP contribution is 2.41. The molecule has 0 aliphatic rings. The van der Waals surface area contributed by atoms with Crippen LogP contribution in [0.15, 0.2) is 129 Å². The lowest BCUT2D eigenvalue weighted by Gasteiger charge is -2.18. The van der Waals surface area contributed by atoms with E-state index in [-0.39, 0.29) is 31.9 Å². The Bertz CT molecular complexity index is 4500. The third-order valence-electron chi connectivity index (χ3n) is 12.5. The zero-order valence-electron chi connectivity index (χ0n) is 53.0. The van der Waals surface area contributed by atoms with E-state index in [1.54, 1.807) is 84.4 Å². The van der Waals surface area contributed by atoms with Crippen molar-refractivity contribution in [3.63, 3.8) is 0 Å². The average molecular weight is 1600 g/mol. The van der Waals surface area contributed by atoms with E-state index >= 15 is 0 Å². The second-order valence-electron chi connectivity index (χ2n) is 20.9. The molecule has 12 rings (SSSR count). The molecule has 99 heavy (non-hydrogen) atoms. The second-order valence-corrected chi connectivity index (χ2v) is 29.2. The fourth-order valence-corrected chi connectivity index (χ4v) is 15.9. The standard InChI is InChI=1S/C11H8ClF4N3S.C11H9ClF3N3S.C11H10ClFN2S.C11H11ClN2S.C10H8ClFN2S.C10H9ClN2S/c1-19(5-11(14,15)16)10-8(12)18-9(20-10)6-2-7(13)4-17-3-6;1-18(6-11(13,14)15)10-8(12)17-9(19-10)7-3-2-4-16-5-7;1-6(2)9-10(12)15-11(16-9)7-3-8(13)5-14-4-7;1-7(2)9-10(12)14-11(15-9)8-4-3-5-13-6-8;1-2-8-9(11)14-10(15-8)6-3-7(12)5-13-4-6;1-2-8-9(11)13-10(14-8)7-4-3-5-12-6-7/h2-4H,5H2,1H3;2-5H,6H2,1H3;3-6H,1-2H3;3-7H,1-2H3;3-5H,2H2,1H3;3-6H,2H2,1H3. The van der Waals surface area contributed by atoms with E-state index in [4.69, 9.17) is 69.6 Å². The van der Waals surface area contributed by atoms with Crippen LogP contribution in [-0.2, 0) is 12.8 Å². The van der Waals surface area contributed by atoms with Crippen molar-refractivity contribution in [1.29, 1.82) is 0 Å². The van der Waals surface area contributed by atoms with Crippen LogP contribution in [0.25, 0.3) is 63.4 Å². The van der Waals surface area contributed by atoms with Gasteiger partial charge in [0.2, 0.25) is 0 Å². The summed E-state index contributed by atoms with van der Waals surface area (Å²) in [5, 5.41) is 6.87. The number of halogens is 15. The SMILES string of the molecule is CC(C)c1sc(-c2cccnc2)nc1Cl.CC(C)c1sc(-c2cncc(F)c2)nc1Cl.CCc1sc(-c2cccnc2)nc1Cl.CCc1sc(-c2cncc(F)c2)nc1Cl.CN(CC(F)(F)F)c1sc(-c2cccnc2)nc1Cl.CN(CC(F)(F)F)c1sc(-c2cncc(F)c2)nc1Cl. The Balaban J connectivity index is 0.000000168. The van der Waals surface area contributed by atoms with E-state index in [1.807, 2.05) is 45.0 Å². The third-order valence-corrected chi connectivity index (χ3v) is 22.6. The molecular formula is C64H55Cl6F9N14S6. The highest BCUT2D eigenvalue weighted by atomic mass is 35.5. The van der Waals surface area contributed by atoms with Crippen LogP contribution in [0.3, 0.4) is 0 Å². The summed E-state index contributed by atoms with van der Waals surface area (Å²) in [7, 11) is 2.60. The number of anilines is 2. The molecule has 14 nitrogen and oxygen atoms in total. The van der Waals surface area contributed by atoms with Crippen molar-refractivity contribution in [3.8, 4) is 63.4 Å². The van der Waals surface area contributed by atoms with E-state index in [0.717, 1.165) is 97.7 Å². The summed E-state index contributed by atoms with van der Waals surface area (Å²) < 4.78 is 113. The van der Waals surface area contributed by atoms with Crippen LogP contribution in [0.4, 0.5) is 49.5 Å². The number of pyridine rings is 6. The number of rotatable bonds is 14. The summed E-state index contributed by atoms with van der Waals surface area (Å²) in [5.41, 5.74) is 4.47. The molecule has 0 aliphatic heterocycles. The summed E-state index contributed by atoms with van der Waals surface area (Å²) >= 11 is 44.0. The molecule has 522 valence electrons. The van der Waals surface area contributed by atoms with Gasteiger partial charge in [-0.2, -0.15) is 26.3 Å². The van der Waals surface area contributed by atoms with E-state index in [1.165, 1.54) is 73.6 Å². The van der Waals surface area contributed by atoms with E-state index in [2.05, 4.69) is 80.6 Å². The Kier molecular flexibility index (Phi) is 30.1. The lowest BCUT2D eigenvalue weighted by Crippen LogP contribution is -2.30. The van der Waals surface area contributed by atoms with Gasteiger partial charge in [-0.3, -0.25) is 29.9 Å². The van der Waals surface area contributed by atoms with Crippen molar-refractivity contribution in [2.75, 3.05) is 37.0 Å². The normalized spacial score (nSPS) is 11.1. The molecule has 0 atom stereocenters. The first-order valence-corrected chi connectivity index (χ1v) is 36.1. The molecule has 0 aliphatic carbocycles. The third kappa shape index (κ3) is 24.3. The monoisotopic (exact) mass is 1590 g/mol. The molecular weight excluding hydrogens is 1540 g/mol. The molecule has 0 aromatic carbocycles. The minimum atomic E-state index is -4.34. The van der Waals surface area contributed by atoms with Crippen molar-refractivity contribution in [2.24, 2.45) is 0 Å². The van der Waals surface area contributed by atoms with Crippen molar-refractivity contribution < 1.29 is 39.5 Å². The molecule has 0 saturated heterocycles. The number of thiazole rings is 6. The molecule has 0 fully saturated rings. The van der Waals surface area contributed by atoms with Gasteiger partial charge in [-0.15, -0.1) is 45.3 Å². The Morgan fingerprint density at radius 1 is 0.374 bits per heavy atom. The molecule has 12 aromatic rings. The number of hydrogen-bond donors (Lipinski definition) is 0. The maximum Gasteiger partial charge on any atom is 0.405 e. The van der Waals surface area contributed by atoms with Gasteiger partial charge in [-0.05, 0) is 79.3 Å². The van der Waals surface area contributed by atoms with Gasteiger partial charge in [0.15, 0.2) is 10.3 Å². The van der Waals surface area contributed by atoms with Gasteiger partial charge in [-0.25, -0.2) is 43.1 Å². The van der Waals surface area contributed by atoms with E-state index in [0.29, 0.717) is 69.2 Å². The number of hydrogen-bond acceptors (Lipinski definition) is 20. The summed E-state index contributed by atoms with van der Waals surface area (Å²) in [6, 6.07) is 15.3. The Hall–Kier alpha value is -6.61. The minimum Gasteiger partial charge on any atom is -0.355 e. The molecule has 0 amide bonds. The van der Waals surface area contributed by atoms with Crippen LogP contribution >= 0.6 is 138 Å². The second kappa shape index (κ2) is 37.4. The van der Waals surface area contributed by atoms with Crippen molar-refractivity contribution in [1.82, 2.24) is 59.8 Å². The van der Waals surface area contributed by atoms with Gasteiger partial charge < -0.3 is 9.80 Å². The van der Waals surface area contributed by atoms with Crippen LogP contribution in [0, 0.1) is 17.5 Å². The lowest BCUT2D eigenvalue weighted by atomic mass is 10.2. The molecule has 12 aromatic heterocycles. The number of alkyl halides is 6. The number of aryl methyl sites for hydroxylation is 2. The van der Waals surface area contributed by atoms with Crippen molar-refractivity contribution >= 4 is 148 Å². The van der Waals surface area contributed by atoms with Crippen molar-refractivity contribution in [2.45, 2.75) is 78.6 Å². The topological polar surface area (TPSA) is 161 Å².